The highest BCUT2D eigenvalue weighted by atomic mass is 28.4. The van der Waals surface area contributed by atoms with Gasteiger partial charge in [-0.05, 0) is 28.3 Å². The van der Waals surface area contributed by atoms with E-state index in [1.165, 1.54) is 19.2 Å². The molecule has 1 aliphatic heterocycles. The van der Waals surface area contributed by atoms with Crippen LogP contribution in [0.25, 0.3) is 0 Å². The molecule has 0 aromatic heterocycles. The Morgan fingerprint density at radius 2 is 1.69 bits per heavy atom. The Balaban J connectivity index is 2.11. The molecule has 0 spiro atoms. The highest BCUT2D eigenvalue weighted by Crippen LogP contribution is 2.46. The third-order valence-electron chi connectivity index (χ3n) is 7.68. The molecule has 2 aromatic rings. The van der Waals surface area contributed by atoms with Gasteiger partial charge in [-0.25, -0.2) is 4.79 Å². The molecule has 0 unspecified atom stereocenters. The van der Waals surface area contributed by atoms with Gasteiger partial charge in [0.15, 0.2) is 0 Å². The molecule has 0 radical (unpaired) electrons. The fourth-order valence-electron chi connectivity index (χ4n) is 5.83. The minimum atomic E-state index is -2.42. The molecule has 9 nitrogen and oxygen atoms in total. The molecular weight excluding hydrogens is 518 g/mol. The lowest BCUT2D eigenvalue weighted by molar-refractivity contribution is -0.385. The Morgan fingerprint density at radius 3 is 2.18 bits per heavy atom. The van der Waals surface area contributed by atoms with Crippen molar-refractivity contribution in [1.29, 1.82) is 0 Å². The van der Waals surface area contributed by atoms with E-state index >= 15 is 0 Å². The van der Waals surface area contributed by atoms with E-state index < -0.39 is 37.5 Å². The van der Waals surface area contributed by atoms with Gasteiger partial charge in [-0.2, -0.15) is 0 Å². The summed E-state index contributed by atoms with van der Waals surface area (Å²) >= 11 is 0. The van der Waals surface area contributed by atoms with Gasteiger partial charge in [-0.3, -0.25) is 10.1 Å². The molecule has 2 aromatic carbocycles. The lowest BCUT2D eigenvalue weighted by Gasteiger charge is -2.44. The standard InChI is InChI=1S/C29H41NO8Si/c1-18(2)39(19(3)4,20(5)6)38-26(28-27(16-31)37-28)15-23-24(30(33)34)13-22(29(32)35-7)14-25(23)36-17-21-11-9-8-10-12-21/h8-14,18-20,26-28,31H,15-17H2,1-7H3/t26-,27+,28-/m0/s1. The fourth-order valence-corrected chi connectivity index (χ4v) is 11.4. The number of hydrogen-bond acceptors (Lipinski definition) is 8. The van der Waals surface area contributed by atoms with Crippen LogP contribution in [0.15, 0.2) is 42.5 Å². The maximum absolute atomic E-state index is 12.4. The maximum atomic E-state index is 12.4. The average Bonchev–Trinajstić information content (AvgIpc) is 3.69. The Bertz CT molecular complexity index is 1120. The van der Waals surface area contributed by atoms with E-state index in [1.807, 2.05) is 30.3 Å². The fraction of sp³-hybridized carbons (Fsp3) is 0.552. The minimum Gasteiger partial charge on any atom is -0.488 e. The average molecular weight is 560 g/mol. The number of nitrogens with zero attached hydrogens (tertiary/aromatic N) is 1. The summed E-state index contributed by atoms with van der Waals surface area (Å²) in [6.45, 7) is 13.0. The normalized spacial score (nSPS) is 17.9. The summed E-state index contributed by atoms with van der Waals surface area (Å²) < 4.78 is 23.8. The Morgan fingerprint density at radius 1 is 1.08 bits per heavy atom. The van der Waals surface area contributed by atoms with Gasteiger partial charge in [0.25, 0.3) is 5.69 Å². The second kappa shape index (κ2) is 13.0. The van der Waals surface area contributed by atoms with Gasteiger partial charge >= 0.3 is 5.97 Å². The molecule has 1 N–H and O–H groups in total. The number of benzene rings is 2. The zero-order chi connectivity index (χ0) is 28.9. The molecule has 39 heavy (non-hydrogen) atoms. The lowest BCUT2D eigenvalue weighted by atomic mass is 9.99. The van der Waals surface area contributed by atoms with E-state index in [-0.39, 0.29) is 53.3 Å². The van der Waals surface area contributed by atoms with Crippen LogP contribution in [0, 0.1) is 10.1 Å². The number of nitro groups is 1. The van der Waals surface area contributed by atoms with Crippen molar-refractivity contribution < 1.29 is 33.5 Å². The maximum Gasteiger partial charge on any atom is 0.338 e. The topological polar surface area (TPSA) is 121 Å². The summed E-state index contributed by atoms with van der Waals surface area (Å²) in [4.78, 5) is 24.2. The molecule has 0 amide bonds. The largest absolute Gasteiger partial charge is 0.488 e. The van der Waals surface area contributed by atoms with Crippen LogP contribution in [0.2, 0.25) is 16.6 Å². The van der Waals surface area contributed by atoms with Crippen molar-refractivity contribution in [2.24, 2.45) is 0 Å². The van der Waals surface area contributed by atoms with Gasteiger partial charge in [0.1, 0.15) is 24.6 Å². The van der Waals surface area contributed by atoms with Crippen molar-refractivity contribution in [3.63, 3.8) is 0 Å². The molecule has 0 saturated carbocycles. The number of ether oxygens (including phenoxy) is 3. The van der Waals surface area contributed by atoms with E-state index in [9.17, 15) is 20.0 Å². The SMILES string of the molecule is COC(=O)c1cc(OCc2ccccc2)c(C[C@H](O[Si](C(C)C)(C(C)C)C(C)C)[C@@H]2O[C@@H]2CO)c([N+](=O)[O-])c1. The van der Waals surface area contributed by atoms with Gasteiger partial charge in [-0.1, -0.05) is 71.9 Å². The number of nitro benzene ring substituents is 1. The predicted octanol–water partition coefficient (Wildman–Crippen LogP) is 5.82. The summed E-state index contributed by atoms with van der Waals surface area (Å²) in [6.07, 6.45) is -1.21. The highest BCUT2D eigenvalue weighted by molar-refractivity contribution is 6.77. The van der Waals surface area contributed by atoms with Crippen molar-refractivity contribution in [3.05, 3.63) is 69.3 Å². The Hall–Kier alpha value is -2.79. The van der Waals surface area contributed by atoms with Crippen LogP contribution in [0.5, 0.6) is 5.75 Å². The Labute approximate surface area is 231 Å². The smallest absolute Gasteiger partial charge is 0.338 e. The van der Waals surface area contributed by atoms with Gasteiger partial charge in [0, 0.05) is 12.5 Å². The highest BCUT2D eigenvalue weighted by Gasteiger charge is 2.53. The number of esters is 1. The second-order valence-electron chi connectivity index (χ2n) is 11.0. The van der Waals surface area contributed by atoms with Crippen LogP contribution in [-0.2, 0) is 26.9 Å². The van der Waals surface area contributed by atoms with Crippen LogP contribution in [0.3, 0.4) is 0 Å². The molecule has 1 heterocycles. The zero-order valence-corrected chi connectivity index (χ0v) is 24.9. The molecule has 1 fully saturated rings. The molecular formula is C29H41NO8Si. The molecule has 3 rings (SSSR count). The third kappa shape index (κ3) is 6.86. The predicted molar refractivity (Wildman–Crippen MR) is 151 cm³/mol. The Kier molecular flexibility index (Phi) is 10.3. The minimum absolute atomic E-state index is 0.0275. The number of rotatable bonds is 14. The van der Waals surface area contributed by atoms with Gasteiger partial charge in [-0.15, -0.1) is 0 Å². The monoisotopic (exact) mass is 559 g/mol. The summed E-state index contributed by atoms with van der Waals surface area (Å²) in [7, 11) is -1.20. The van der Waals surface area contributed by atoms with Crippen LogP contribution < -0.4 is 4.74 Å². The molecule has 3 atom stereocenters. The van der Waals surface area contributed by atoms with E-state index in [4.69, 9.17) is 18.6 Å². The second-order valence-corrected chi connectivity index (χ2v) is 16.4. The molecule has 0 bridgehead atoms. The number of hydrogen-bond donors (Lipinski definition) is 1. The van der Waals surface area contributed by atoms with Gasteiger partial charge in [0.2, 0.25) is 8.32 Å². The first kappa shape index (κ1) is 30.7. The summed E-state index contributed by atoms with van der Waals surface area (Å²) in [5.74, 6) is -0.479. The molecule has 0 aliphatic carbocycles. The summed E-state index contributed by atoms with van der Waals surface area (Å²) in [5.41, 5.74) is 1.80. The molecule has 214 valence electrons. The number of aliphatic hydroxyl groups is 1. The van der Waals surface area contributed by atoms with Crippen molar-refractivity contribution in [3.8, 4) is 5.75 Å². The van der Waals surface area contributed by atoms with Crippen molar-refractivity contribution in [2.75, 3.05) is 13.7 Å². The lowest BCUT2D eigenvalue weighted by Crippen LogP contribution is -2.52. The van der Waals surface area contributed by atoms with E-state index in [1.54, 1.807) is 0 Å². The van der Waals surface area contributed by atoms with Crippen LogP contribution >= 0.6 is 0 Å². The molecule has 1 aliphatic rings. The van der Waals surface area contributed by atoms with Crippen molar-refractivity contribution >= 4 is 20.0 Å². The van der Waals surface area contributed by atoms with Crippen molar-refractivity contribution in [1.82, 2.24) is 0 Å². The van der Waals surface area contributed by atoms with Gasteiger partial charge < -0.3 is 23.7 Å². The van der Waals surface area contributed by atoms with Crippen LogP contribution in [0.1, 0.15) is 63.0 Å². The van der Waals surface area contributed by atoms with E-state index in [0.29, 0.717) is 5.56 Å². The number of carbonyl (C=O) groups excluding carboxylic acids is 1. The summed E-state index contributed by atoms with van der Waals surface area (Å²) in [5, 5.41) is 22.1. The number of methoxy groups -OCH3 is 1. The summed E-state index contributed by atoms with van der Waals surface area (Å²) in [6, 6.07) is 12.1. The molecule has 10 heteroatoms. The molecule has 1 saturated heterocycles. The first-order valence-corrected chi connectivity index (χ1v) is 15.6. The van der Waals surface area contributed by atoms with Crippen molar-refractivity contribution in [2.45, 2.75) is 89.5 Å². The number of aliphatic hydroxyl groups excluding tert-OH is 1. The number of epoxide rings is 1. The first-order valence-electron chi connectivity index (χ1n) is 13.5. The van der Waals surface area contributed by atoms with E-state index in [2.05, 4.69) is 41.5 Å². The third-order valence-corrected chi connectivity index (χ3v) is 13.8. The van der Waals surface area contributed by atoms with Crippen LogP contribution in [0.4, 0.5) is 5.69 Å². The first-order chi connectivity index (χ1) is 18.5. The van der Waals surface area contributed by atoms with Crippen LogP contribution in [-0.4, -0.2) is 56.3 Å². The zero-order valence-electron chi connectivity index (χ0n) is 23.9. The van der Waals surface area contributed by atoms with Gasteiger partial charge in [0.05, 0.1) is 35.9 Å². The number of carbonyl (C=O) groups is 1. The quantitative estimate of drug-likeness (QED) is 0.101. The van der Waals surface area contributed by atoms with E-state index in [0.717, 1.165) is 5.56 Å².